The number of carbonyl (C=O) groups excluding carboxylic acids is 1. The van der Waals surface area contributed by atoms with E-state index in [0.29, 0.717) is 16.2 Å². The van der Waals surface area contributed by atoms with Crippen LogP contribution < -0.4 is 5.32 Å². The second-order valence-corrected chi connectivity index (χ2v) is 8.17. The molecule has 0 atom stereocenters. The molecule has 0 saturated carbocycles. The lowest BCUT2D eigenvalue weighted by Gasteiger charge is -1.98. The number of amides is 1. The fraction of sp³-hybridized carbons (Fsp3) is 0.267. The Morgan fingerprint density at radius 3 is 2.88 bits per heavy atom. The van der Waals surface area contributed by atoms with Crippen molar-refractivity contribution in [3.63, 3.8) is 0 Å². The minimum atomic E-state index is -0.196. The van der Waals surface area contributed by atoms with Crippen LogP contribution >= 0.6 is 39.0 Å². The van der Waals surface area contributed by atoms with Gasteiger partial charge < -0.3 is 4.42 Å². The molecule has 10 heteroatoms. The molecule has 0 spiro atoms. The summed E-state index contributed by atoms with van der Waals surface area (Å²) in [5, 5.41) is 20.4. The summed E-state index contributed by atoms with van der Waals surface area (Å²) in [5.41, 5.74) is 0.813. The van der Waals surface area contributed by atoms with Gasteiger partial charge in [-0.3, -0.25) is 10.1 Å². The minimum Gasteiger partial charge on any atom is -0.411 e. The second kappa shape index (κ2) is 8.07. The highest BCUT2D eigenvalue weighted by Gasteiger charge is 2.14. The number of halogens is 1. The third-order valence-electron chi connectivity index (χ3n) is 2.99. The zero-order valence-corrected chi connectivity index (χ0v) is 16.6. The van der Waals surface area contributed by atoms with E-state index in [1.165, 1.54) is 23.1 Å². The standard InChI is InChI=1S/C15H14BrN5O2S2/c1-8(2)13-19-20-14(25-13)17-11(22)7-24-15-21-18-12(23-15)9-4-3-5-10(16)6-9/h3-6,8H,7H2,1-2H3,(H,17,20,22). The van der Waals surface area contributed by atoms with Crippen LogP contribution in [0.25, 0.3) is 11.5 Å². The summed E-state index contributed by atoms with van der Waals surface area (Å²) in [4.78, 5) is 12.0. The van der Waals surface area contributed by atoms with E-state index in [2.05, 4.69) is 41.6 Å². The molecule has 2 heterocycles. The molecule has 0 saturated heterocycles. The van der Waals surface area contributed by atoms with Gasteiger partial charge in [-0.05, 0) is 18.2 Å². The molecule has 130 valence electrons. The van der Waals surface area contributed by atoms with Crippen molar-refractivity contribution in [2.24, 2.45) is 0 Å². The van der Waals surface area contributed by atoms with Crippen molar-refractivity contribution in [1.29, 1.82) is 0 Å². The number of benzene rings is 1. The lowest BCUT2D eigenvalue weighted by atomic mass is 10.2. The van der Waals surface area contributed by atoms with Crippen LogP contribution in [-0.2, 0) is 4.79 Å². The summed E-state index contributed by atoms with van der Waals surface area (Å²) in [6.07, 6.45) is 0. The van der Waals surface area contributed by atoms with Gasteiger partial charge in [-0.15, -0.1) is 20.4 Å². The molecule has 0 unspecified atom stereocenters. The van der Waals surface area contributed by atoms with Crippen LogP contribution in [-0.4, -0.2) is 32.1 Å². The van der Waals surface area contributed by atoms with E-state index in [4.69, 9.17) is 4.42 Å². The van der Waals surface area contributed by atoms with Gasteiger partial charge in [0.15, 0.2) is 0 Å². The van der Waals surface area contributed by atoms with Crippen molar-refractivity contribution in [3.8, 4) is 11.5 Å². The normalized spacial score (nSPS) is 11.0. The van der Waals surface area contributed by atoms with Gasteiger partial charge in [0.1, 0.15) is 5.01 Å². The largest absolute Gasteiger partial charge is 0.411 e. The van der Waals surface area contributed by atoms with Crippen molar-refractivity contribution < 1.29 is 9.21 Å². The zero-order chi connectivity index (χ0) is 17.8. The van der Waals surface area contributed by atoms with Gasteiger partial charge in [0, 0.05) is 16.0 Å². The highest BCUT2D eigenvalue weighted by molar-refractivity contribution is 9.10. The Labute approximate surface area is 160 Å². The van der Waals surface area contributed by atoms with Gasteiger partial charge in [-0.1, -0.05) is 58.9 Å². The average molecular weight is 440 g/mol. The molecule has 3 aromatic rings. The minimum absolute atomic E-state index is 0.150. The van der Waals surface area contributed by atoms with Gasteiger partial charge in [0.05, 0.1) is 5.75 Å². The molecule has 3 rings (SSSR count). The number of nitrogens with one attached hydrogen (secondary N) is 1. The van der Waals surface area contributed by atoms with Crippen molar-refractivity contribution in [2.45, 2.75) is 25.0 Å². The zero-order valence-electron chi connectivity index (χ0n) is 13.4. The topological polar surface area (TPSA) is 93.8 Å². The number of hydrogen-bond donors (Lipinski definition) is 1. The molecule has 0 radical (unpaired) electrons. The summed E-state index contributed by atoms with van der Waals surface area (Å²) in [6.45, 7) is 4.06. The van der Waals surface area contributed by atoms with Crippen LogP contribution in [0.3, 0.4) is 0 Å². The monoisotopic (exact) mass is 439 g/mol. The molecule has 1 amide bonds. The molecule has 0 fully saturated rings. The number of nitrogens with zero attached hydrogens (tertiary/aromatic N) is 4. The lowest BCUT2D eigenvalue weighted by molar-refractivity contribution is -0.113. The Hall–Kier alpha value is -1.78. The molecule has 0 aliphatic heterocycles. The van der Waals surface area contributed by atoms with E-state index < -0.39 is 0 Å². The summed E-state index contributed by atoms with van der Waals surface area (Å²) < 4.78 is 6.50. The lowest BCUT2D eigenvalue weighted by Crippen LogP contribution is -2.13. The maximum atomic E-state index is 12.0. The van der Waals surface area contributed by atoms with Crippen LogP contribution in [0.5, 0.6) is 0 Å². The highest BCUT2D eigenvalue weighted by atomic mass is 79.9. The third kappa shape index (κ3) is 4.86. The van der Waals surface area contributed by atoms with Crippen LogP contribution in [0.4, 0.5) is 5.13 Å². The quantitative estimate of drug-likeness (QED) is 0.574. The summed E-state index contributed by atoms with van der Waals surface area (Å²) in [7, 11) is 0. The van der Waals surface area contributed by atoms with Gasteiger partial charge in [0.25, 0.3) is 5.22 Å². The van der Waals surface area contributed by atoms with Gasteiger partial charge >= 0.3 is 0 Å². The van der Waals surface area contributed by atoms with E-state index in [1.54, 1.807) is 0 Å². The first-order valence-electron chi connectivity index (χ1n) is 7.37. The molecule has 0 bridgehead atoms. The third-order valence-corrected chi connectivity index (χ3v) is 5.44. The molecule has 1 N–H and O–H groups in total. The van der Waals surface area contributed by atoms with Gasteiger partial charge in [-0.2, -0.15) is 0 Å². The maximum absolute atomic E-state index is 12.0. The second-order valence-electron chi connectivity index (χ2n) is 5.32. The number of aromatic nitrogens is 4. The molecule has 2 aromatic heterocycles. The van der Waals surface area contributed by atoms with Crippen molar-refractivity contribution in [3.05, 3.63) is 33.7 Å². The van der Waals surface area contributed by atoms with Crippen LogP contribution in [0.2, 0.25) is 0 Å². The summed E-state index contributed by atoms with van der Waals surface area (Å²) >= 11 is 5.95. The number of hydrogen-bond acceptors (Lipinski definition) is 8. The van der Waals surface area contributed by atoms with Crippen molar-refractivity contribution in [1.82, 2.24) is 20.4 Å². The Morgan fingerprint density at radius 1 is 1.32 bits per heavy atom. The SMILES string of the molecule is CC(C)c1nnc(NC(=O)CSc2nnc(-c3cccc(Br)c3)o2)s1. The van der Waals surface area contributed by atoms with Crippen molar-refractivity contribution >= 4 is 50.1 Å². The van der Waals surface area contributed by atoms with Crippen molar-refractivity contribution in [2.75, 3.05) is 11.1 Å². The molecule has 0 aliphatic carbocycles. The number of thioether (sulfide) groups is 1. The molecular formula is C15H14BrN5O2S2. The summed E-state index contributed by atoms with van der Waals surface area (Å²) in [6, 6.07) is 7.56. The average Bonchev–Trinajstić information content (AvgIpc) is 3.22. The molecule has 0 aliphatic rings. The Balaban J connectivity index is 1.55. The first-order valence-corrected chi connectivity index (χ1v) is 9.96. The fourth-order valence-corrected chi connectivity index (χ4v) is 3.53. The van der Waals surface area contributed by atoms with E-state index in [1.807, 2.05) is 38.1 Å². The van der Waals surface area contributed by atoms with Gasteiger partial charge in [-0.25, -0.2) is 0 Å². The molecule has 7 nitrogen and oxygen atoms in total. The number of anilines is 1. The summed E-state index contributed by atoms with van der Waals surface area (Å²) in [5.74, 6) is 0.650. The Kier molecular flexibility index (Phi) is 5.82. The number of rotatable bonds is 6. The smallest absolute Gasteiger partial charge is 0.277 e. The highest BCUT2D eigenvalue weighted by Crippen LogP contribution is 2.26. The number of carbonyl (C=O) groups is 1. The van der Waals surface area contributed by atoms with Gasteiger partial charge in [0.2, 0.25) is 16.9 Å². The molecular weight excluding hydrogens is 426 g/mol. The predicted molar refractivity (Wildman–Crippen MR) is 101 cm³/mol. The van der Waals surface area contributed by atoms with E-state index in [0.717, 1.165) is 15.0 Å². The van der Waals surface area contributed by atoms with E-state index in [-0.39, 0.29) is 17.6 Å². The van der Waals surface area contributed by atoms with Crippen LogP contribution in [0.15, 0.2) is 38.4 Å². The fourth-order valence-electron chi connectivity index (χ4n) is 1.81. The van der Waals surface area contributed by atoms with E-state index >= 15 is 0 Å². The van der Waals surface area contributed by atoms with Crippen LogP contribution in [0, 0.1) is 0 Å². The maximum Gasteiger partial charge on any atom is 0.277 e. The van der Waals surface area contributed by atoms with E-state index in [9.17, 15) is 4.79 Å². The Morgan fingerprint density at radius 2 is 2.16 bits per heavy atom. The molecule has 1 aromatic carbocycles. The van der Waals surface area contributed by atoms with Crippen LogP contribution in [0.1, 0.15) is 24.8 Å². The first-order chi connectivity index (χ1) is 12.0. The predicted octanol–water partition coefficient (Wildman–Crippen LogP) is 4.20. The Bertz CT molecular complexity index is 880. The molecule has 25 heavy (non-hydrogen) atoms. The first kappa shape index (κ1) is 18.0.